The number of nitrogens with two attached hydrogens (primary N) is 4. The second-order valence-electron chi connectivity index (χ2n) is 8.39. The lowest BCUT2D eigenvalue weighted by Gasteiger charge is -2.25. The van der Waals surface area contributed by atoms with Gasteiger partial charge in [0.1, 0.15) is 18.1 Å². The van der Waals surface area contributed by atoms with E-state index in [9.17, 15) is 34.2 Å². The molecule has 0 rings (SSSR count). The summed E-state index contributed by atoms with van der Waals surface area (Å²) in [7, 11) is 0. The van der Waals surface area contributed by atoms with Crippen LogP contribution in [0.25, 0.3) is 0 Å². The van der Waals surface area contributed by atoms with E-state index in [4.69, 9.17) is 22.9 Å². The molecule has 0 aromatic carbocycles. The first-order valence-corrected chi connectivity index (χ1v) is 11.1. The number of carboxylic acids is 1. The van der Waals surface area contributed by atoms with Crippen molar-refractivity contribution in [2.45, 2.75) is 70.1 Å². The Morgan fingerprint density at radius 3 is 1.89 bits per heavy atom. The maximum Gasteiger partial charge on any atom is 0.326 e. The Kier molecular flexibility index (Phi) is 14.6. The van der Waals surface area contributed by atoms with Crippen molar-refractivity contribution in [3.8, 4) is 0 Å². The number of hydrogen-bond acceptors (Lipinski definition) is 8. The van der Waals surface area contributed by atoms with Crippen LogP contribution in [0.5, 0.6) is 0 Å². The number of aliphatic hydroxyl groups is 1. The summed E-state index contributed by atoms with van der Waals surface area (Å²) in [4.78, 5) is 63.8. The van der Waals surface area contributed by atoms with Crippen LogP contribution in [0, 0.1) is 5.92 Å². The maximum absolute atomic E-state index is 12.7. The van der Waals surface area contributed by atoms with E-state index in [0.717, 1.165) is 0 Å². The molecule has 0 saturated heterocycles. The quantitative estimate of drug-likeness (QED) is 0.0531. The van der Waals surface area contributed by atoms with Crippen molar-refractivity contribution in [3.63, 3.8) is 0 Å². The van der Waals surface area contributed by atoms with Crippen molar-refractivity contribution in [1.29, 1.82) is 0 Å². The largest absolute Gasteiger partial charge is 0.480 e. The zero-order valence-corrected chi connectivity index (χ0v) is 20.0. The van der Waals surface area contributed by atoms with Gasteiger partial charge < -0.3 is 49.1 Å². The highest BCUT2D eigenvalue weighted by Crippen LogP contribution is 2.07. The molecule has 35 heavy (non-hydrogen) atoms. The average molecular weight is 503 g/mol. The molecule has 0 bridgehead atoms. The Morgan fingerprint density at radius 1 is 0.857 bits per heavy atom. The molecular weight excluding hydrogens is 464 g/mol. The number of carboxylic acid groups (broad SMARTS) is 1. The molecule has 0 fully saturated rings. The summed E-state index contributed by atoms with van der Waals surface area (Å²) in [5.74, 6) is -4.65. The normalized spacial score (nSPS) is 14.2. The molecule has 0 spiro atoms. The zero-order chi connectivity index (χ0) is 27.1. The second-order valence-corrected chi connectivity index (χ2v) is 8.39. The number of amides is 4. The van der Waals surface area contributed by atoms with Gasteiger partial charge in [-0.2, -0.15) is 0 Å². The van der Waals surface area contributed by atoms with E-state index in [0.29, 0.717) is 6.42 Å². The number of hydrogen-bond donors (Lipinski definition) is 9. The van der Waals surface area contributed by atoms with Crippen LogP contribution in [0.4, 0.5) is 0 Å². The Bertz CT molecular complexity index is 771. The van der Waals surface area contributed by atoms with Gasteiger partial charge in [0.15, 0.2) is 5.96 Å². The number of aliphatic hydroxyl groups excluding tert-OH is 1. The second kappa shape index (κ2) is 16.2. The minimum atomic E-state index is -1.40. The molecule has 0 aliphatic rings. The van der Waals surface area contributed by atoms with Crippen molar-refractivity contribution in [1.82, 2.24) is 16.0 Å². The van der Waals surface area contributed by atoms with Crippen molar-refractivity contribution in [2.75, 3.05) is 13.2 Å². The first-order valence-electron chi connectivity index (χ1n) is 11.1. The predicted octanol–water partition coefficient (Wildman–Crippen LogP) is -3.79. The molecule has 4 unspecified atom stereocenters. The summed E-state index contributed by atoms with van der Waals surface area (Å²) in [6.45, 7) is 3.04. The zero-order valence-electron chi connectivity index (χ0n) is 20.0. The summed E-state index contributed by atoms with van der Waals surface area (Å²) in [6, 6.07) is -4.97. The van der Waals surface area contributed by atoms with Gasteiger partial charge in [-0.25, -0.2) is 4.79 Å². The van der Waals surface area contributed by atoms with Gasteiger partial charge in [0, 0.05) is 13.0 Å². The maximum atomic E-state index is 12.7. The van der Waals surface area contributed by atoms with Crippen LogP contribution in [0.3, 0.4) is 0 Å². The minimum absolute atomic E-state index is 0.0826. The lowest BCUT2D eigenvalue weighted by molar-refractivity contribution is -0.142. The minimum Gasteiger partial charge on any atom is -0.480 e. The number of rotatable bonds is 17. The number of nitrogens with zero attached hydrogens (tertiary/aromatic N) is 1. The molecule has 4 atom stereocenters. The third kappa shape index (κ3) is 13.7. The topological polar surface area (TPSA) is 278 Å². The first-order chi connectivity index (χ1) is 16.3. The van der Waals surface area contributed by atoms with Crippen LogP contribution in [0.15, 0.2) is 4.99 Å². The Balaban J connectivity index is 5.16. The highest BCUT2D eigenvalue weighted by Gasteiger charge is 2.30. The number of aliphatic imine (C=N–C) groups is 1. The molecule has 0 aliphatic heterocycles. The van der Waals surface area contributed by atoms with E-state index in [-0.39, 0.29) is 44.1 Å². The third-order valence-corrected chi connectivity index (χ3v) is 4.75. The van der Waals surface area contributed by atoms with Gasteiger partial charge in [0.2, 0.25) is 23.6 Å². The molecule has 0 aromatic heterocycles. The summed E-state index contributed by atoms with van der Waals surface area (Å²) in [6.07, 6.45) is 0.261. The number of guanidine groups is 1. The lowest BCUT2D eigenvalue weighted by atomic mass is 10.0. The molecule has 0 aromatic rings. The van der Waals surface area contributed by atoms with E-state index >= 15 is 0 Å². The van der Waals surface area contributed by atoms with E-state index < -0.39 is 60.4 Å². The summed E-state index contributed by atoms with van der Waals surface area (Å²) in [5, 5.41) is 25.9. The fourth-order valence-electron chi connectivity index (χ4n) is 2.91. The van der Waals surface area contributed by atoms with Crippen molar-refractivity contribution in [3.05, 3.63) is 0 Å². The van der Waals surface area contributed by atoms with E-state index in [2.05, 4.69) is 20.9 Å². The number of nitrogens with one attached hydrogen (secondary N) is 3. The average Bonchev–Trinajstić information content (AvgIpc) is 2.75. The molecule has 0 radical (unpaired) electrons. The highest BCUT2D eigenvalue weighted by atomic mass is 16.4. The molecule has 15 nitrogen and oxygen atoms in total. The number of carbonyl (C=O) groups is 5. The van der Waals surface area contributed by atoms with Gasteiger partial charge in [0.05, 0.1) is 12.6 Å². The summed E-state index contributed by atoms with van der Waals surface area (Å²) < 4.78 is 0. The molecule has 0 saturated carbocycles. The van der Waals surface area contributed by atoms with Crippen LogP contribution in [0.2, 0.25) is 0 Å². The number of aliphatic carboxylic acids is 1. The standard InChI is InChI=1S/C20H38N8O7/c1-10(2)8-13(17(32)26-12(19(34)35)5-6-15(22)30)27-18(33)14(9-29)28-16(31)11(21)4-3-7-25-20(23)24/h10-14,29H,3-9,21H2,1-2H3,(H2,22,30)(H,26,32)(H,27,33)(H,28,31)(H,34,35)(H4,23,24,25). The van der Waals surface area contributed by atoms with E-state index in [1.807, 2.05) is 0 Å². The summed E-state index contributed by atoms with van der Waals surface area (Å²) in [5.41, 5.74) is 21.3. The van der Waals surface area contributed by atoms with Gasteiger partial charge >= 0.3 is 5.97 Å². The molecule has 200 valence electrons. The molecule has 4 amide bonds. The van der Waals surface area contributed by atoms with Crippen LogP contribution >= 0.6 is 0 Å². The summed E-state index contributed by atoms with van der Waals surface area (Å²) >= 11 is 0. The molecule has 0 aliphatic carbocycles. The highest BCUT2D eigenvalue weighted by molar-refractivity contribution is 5.94. The van der Waals surface area contributed by atoms with Crippen molar-refractivity contribution in [2.24, 2.45) is 33.8 Å². The van der Waals surface area contributed by atoms with Crippen LogP contribution < -0.4 is 38.9 Å². The van der Waals surface area contributed by atoms with E-state index in [1.165, 1.54) is 0 Å². The Labute approximate surface area is 203 Å². The SMILES string of the molecule is CC(C)CC(NC(=O)C(CO)NC(=O)C(N)CCCN=C(N)N)C(=O)NC(CCC(N)=O)C(=O)O. The van der Waals surface area contributed by atoms with Gasteiger partial charge in [-0.3, -0.25) is 24.2 Å². The molecule has 15 heteroatoms. The first kappa shape index (κ1) is 31.5. The Morgan fingerprint density at radius 2 is 1.40 bits per heavy atom. The third-order valence-electron chi connectivity index (χ3n) is 4.75. The molecule has 0 heterocycles. The van der Waals surface area contributed by atoms with Crippen LogP contribution in [0.1, 0.15) is 46.0 Å². The van der Waals surface area contributed by atoms with Crippen LogP contribution in [-0.2, 0) is 24.0 Å². The molecular formula is C20H38N8O7. The van der Waals surface area contributed by atoms with Crippen molar-refractivity contribution < 1.29 is 34.2 Å². The van der Waals surface area contributed by atoms with Gasteiger partial charge in [0.25, 0.3) is 0 Å². The number of primary amides is 1. The van der Waals surface area contributed by atoms with Gasteiger partial charge in [-0.1, -0.05) is 13.8 Å². The van der Waals surface area contributed by atoms with E-state index in [1.54, 1.807) is 13.8 Å². The smallest absolute Gasteiger partial charge is 0.326 e. The number of carbonyl (C=O) groups excluding carboxylic acids is 4. The molecule has 13 N–H and O–H groups in total. The van der Waals surface area contributed by atoms with Gasteiger partial charge in [-0.05, 0) is 31.6 Å². The fourth-order valence-corrected chi connectivity index (χ4v) is 2.91. The predicted molar refractivity (Wildman–Crippen MR) is 126 cm³/mol. The monoisotopic (exact) mass is 502 g/mol. The van der Waals surface area contributed by atoms with Crippen LogP contribution in [-0.4, -0.2) is 83.1 Å². The van der Waals surface area contributed by atoms with Gasteiger partial charge in [-0.15, -0.1) is 0 Å². The Hall–Kier alpha value is -3.46. The fraction of sp³-hybridized carbons (Fsp3) is 0.700. The van der Waals surface area contributed by atoms with Crippen molar-refractivity contribution >= 4 is 35.6 Å². The lowest BCUT2D eigenvalue weighted by Crippen LogP contribution is -2.58.